The number of carbonyl (C=O) groups excluding carboxylic acids is 2. The number of halogens is 2. The second-order valence-corrected chi connectivity index (χ2v) is 9.16. The topological polar surface area (TPSA) is 88.9 Å². The Morgan fingerprint density at radius 3 is 2.71 bits per heavy atom. The van der Waals surface area contributed by atoms with E-state index in [4.69, 9.17) is 23.2 Å². The minimum Gasteiger partial charge on any atom is -0.354 e. The number of amides is 2. The lowest BCUT2D eigenvalue weighted by molar-refractivity contribution is -0.123. The van der Waals surface area contributed by atoms with Crippen molar-refractivity contribution in [3.63, 3.8) is 0 Å². The fraction of sp³-hybridized carbons (Fsp3) is 0.545. The van der Waals surface area contributed by atoms with Gasteiger partial charge in [0.1, 0.15) is 17.7 Å². The maximum Gasteiger partial charge on any atom is 0.253 e. The minimum atomic E-state index is -0.658. The number of nitrogens with one attached hydrogen (secondary N) is 2. The molecule has 1 atom stereocenters. The highest BCUT2D eigenvalue weighted by atomic mass is 35.5. The number of aryl methyl sites for hydroxylation is 1. The summed E-state index contributed by atoms with van der Waals surface area (Å²) >= 11 is 12.1. The number of fused-ring (bicyclic) bond motifs is 1. The van der Waals surface area contributed by atoms with E-state index < -0.39 is 11.9 Å². The van der Waals surface area contributed by atoms with Crippen molar-refractivity contribution in [3.05, 3.63) is 45.5 Å². The molecule has 1 aromatic carbocycles. The third-order valence-corrected chi connectivity index (χ3v) is 5.89. The molecule has 1 aromatic heterocycles. The molecule has 0 spiro atoms. The fourth-order valence-corrected chi connectivity index (χ4v) is 4.26. The molecule has 2 aromatic rings. The van der Waals surface area contributed by atoms with Crippen molar-refractivity contribution in [3.8, 4) is 0 Å². The SMILES string of the molecule is CC(C)CC(NC(=O)c1ccc(Cl)cc1Cl)C(=O)NCCc1nnc2n1CCCCC2. The van der Waals surface area contributed by atoms with Gasteiger partial charge in [0, 0.05) is 31.0 Å². The molecule has 2 heterocycles. The summed E-state index contributed by atoms with van der Waals surface area (Å²) in [6.45, 7) is 5.38. The Bertz CT molecular complexity index is 929. The smallest absolute Gasteiger partial charge is 0.253 e. The number of hydrogen-bond donors (Lipinski definition) is 2. The Kier molecular flexibility index (Phi) is 8.32. The third-order valence-electron chi connectivity index (χ3n) is 5.34. The van der Waals surface area contributed by atoms with Gasteiger partial charge in [-0.05, 0) is 43.4 Å². The summed E-state index contributed by atoms with van der Waals surface area (Å²) in [5.74, 6) is 1.54. The van der Waals surface area contributed by atoms with E-state index in [2.05, 4.69) is 25.4 Å². The predicted molar refractivity (Wildman–Crippen MR) is 121 cm³/mol. The first-order chi connectivity index (χ1) is 14.8. The van der Waals surface area contributed by atoms with E-state index in [1.165, 1.54) is 12.5 Å². The third kappa shape index (κ3) is 6.43. The normalized spacial score (nSPS) is 14.6. The zero-order valence-corrected chi connectivity index (χ0v) is 19.5. The first kappa shape index (κ1) is 23.5. The average molecular weight is 466 g/mol. The molecule has 1 unspecified atom stereocenters. The number of hydrogen-bond acceptors (Lipinski definition) is 4. The van der Waals surface area contributed by atoms with Gasteiger partial charge in [-0.15, -0.1) is 10.2 Å². The van der Waals surface area contributed by atoms with Crippen LogP contribution in [0.3, 0.4) is 0 Å². The van der Waals surface area contributed by atoms with Gasteiger partial charge in [0.15, 0.2) is 0 Å². The van der Waals surface area contributed by atoms with Gasteiger partial charge in [0.05, 0.1) is 10.6 Å². The average Bonchev–Trinajstić information content (AvgIpc) is 2.93. The van der Waals surface area contributed by atoms with Crippen LogP contribution >= 0.6 is 23.2 Å². The summed E-state index contributed by atoms with van der Waals surface area (Å²) < 4.78 is 2.18. The molecule has 1 aliphatic rings. The van der Waals surface area contributed by atoms with Gasteiger partial charge in [0.2, 0.25) is 5.91 Å². The van der Waals surface area contributed by atoms with E-state index in [1.807, 2.05) is 13.8 Å². The Morgan fingerprint density at radius 2 is 1.97 bits per heavy atom. The van der Waals surface area contributed by atoms with Crippen molar-refractivity contribution >= 4 is 35.0 Å². The van der Waals surface area contributed by atoms with Crippen molar-refractivity contribution in [2.75, 3.05) is 6.54 Å². The second kappa shape index (κ2) is 11.0. The zero-order chi connectivity index (χ0) is 22.4. The van der Waals surface area contributed by atoms with Gasteiger partial charge in [-0.3, -0.25) is 9.59 Å². The lowest BCUT2D eigenvalue weighted by Crippen LogP contribution is -2.48. The minimum absolute atomic E-state index is 0.220. The van der Waals surface area contributed by atoms with Gasteiger partial charge < -0.3 is 15.2 Å². The first-order valence-electron chi connectivity index (χ1n) is 10.8. The number of carbonyl (C=O) groups is 2. The summed E-state index contributed by atoms with van der Waals surface area (Å²) in [5.41, 5.74) is 0.291. The highest BCUT2D eigenvalue weighted by Gasteiger charge is 2.24. The monoisotopic (exact) mass is 465 g/mol. The number of rotatable bonds is 8. The molecule has 2 N–H and O–H groups in total. The Balaban J connectivity index is 1.59. The van der Waals surface area contributed by atoms with Gasteiger partial charge >= 0.3 is 0 Å². The molecule has 1 aliphatic heterocycles. The fourth-order valence-electron chi connectivity index (χ4n) is 3.76. The summed E-state index contributed by atoms with van der Waals surface area (Å²) in [6, 6.07) is 4.01. The summed E-state index contributed by atoms with van der Waals surface area (Å²) in [7, 11) is 0. The highest BCUT2D eigenvalue weighted by molar-refractivity contribution is 6.36. The Morgan fingerprint density at radius 1 is 1.16 bits per heavy atom. The van der Waals surface area contributed by atoms with Gasteiger partial charge in [-0.2, -0.15) is 0 Å². The van der Waals surface area contributed by atoms with E-state index in [1.54, 1.807) is 12.1 Å². The predicted octanol–water partition coefficient (Wildman–Crippen LogP) is 3.81. The van der Waals surface area contributed by atoms with Crippen LogP contribution in [-0.2, 0) is 24.2 Å². The van der Waals surface area contributed by atoms with Crippen LogP contribution in [0.1, 0.15) is 61.5 Å². The van der Waals surface area contributed by atoms with Crippen molar-refractivity contribution in [2.24, 2.45) is 5.92 Å². The van der Waals surface area contributed by atoms with E-state index in [0.29, 0.717) is 30.0 Å². The van der Waals surface area contributed by atoms with E-state index in [9.17, 15) is 9.59 Å². The zero-order valence-electron chi connectivity index (χ0n) is 18.0. The molecule has 3 rings (SSSR count). The molecule has 0 saturated carbocycles. The first-order valence-corrected chi connectivity index (χ1v) is 11.6. The Hall–Kier alpha value is -2.12. The van der Waals surface area contributed by atoms with E-state index >= 15 is 0 Å². The molecule has 7 nitrogen and oxygen atoms in total. The molecule has 0 radical (unpaired) electrons. The number of nitrogens with zero attached hydrogens (tertiary/aromatic N) is 3. The van der Waals surface area contributed by atoms with Crippen LogP contribution < -0.4 is 10.6 Å². The molecule has 168 valence electrons. The van der Waals surface area contributed by atoms with Crippen LogP contribution in [0, 0.1) is 5.92 Å². The standard InChI is InChI=1S/C22H29Cl2N5O2/c1-14(2)12-18(26-21(30)16-8-7-15(23)13-17(16)24)22(31)25-10-9-20-28-27-19-6-4-3-5-11-29(19)20/h7-8,13-14,18H,3-6,9-12H2,1-2H3,(H,25,31)(H,26,30). The molecule has 0 aliphatic carbocycles. The maximum absolute atomic E-state index is 12.8. The van der Waals surface area contributed by atoms with Crippen LogP contribution in [0.25, 0.3) is 0 Å². The van der Waals surface area contributed by atoms with Gasteiger partial charge in [-0.1, -0.05) is 43.5 Å². The largest absolute Gasteiger partial charge is 0.354 e. The van der Waals surface area contributed by atoms with Crippen LogP contribution in [-0.4, -0.2) is 39.2 Å². The molecular formula is C22H29Cl2N5O2. The van der Waals surface area contributed by atoms with Crippen molar-refractivity contribution in [1.29, 1.82) is 0 Å². The van der Waals surface area contributed by atoms with Gasteiger partial charge in [-0.25, -0.2) is 0 Å². The maximum atomic E-state index is 12.8. The highest BCUT2D eigenvalue weighted by Crippen LogP contribution is 2.21. The quantitative estimate of drug-likeness (QED) is 0.619. The van der Waals surface area contributed by atoms with Crippen molar-refractivity contribution in [2.45, 2.75) is 65.0 Å². The number of aromatic nitrogens is 3. The molecular weight excluding hydrogens is 437 g/mol. The molecule has 9 heteroatoms. The summed E-state index contributed by atoms with van der Waals surface area (Å²) in [6.07, 6.45) is 5.54. The summed E-state index contributed by atoms with van der Waals surface area (Å²) in [4.78, 5) is 25.5. The summed E-state index contributed by atoms with van der Waals surface area (Å²) in [5, 5.41) is 15.1. The van der Waals surface area contributed by atoms with Crippen LogP contribution in [0.5, 0.6) is 0 Å². The molecule has 31 heavy (non-hydrogen) atoms. The van der Waals surface area contributed by atoms with Crippen LogP contribution in [0.2, 0.25) is 10.0 Å². The molecule has 0 fully saturated rings. The second-order valence-electron chi connectivity index (χ2n) is 8.32. The lowest BCUT2D eigenvalue weighted by atomic mass is 10.0. The van der Waals surface area contributed by atoms with Gasteiger partial charge in [0.25, 0.3) is 5.91 Å². The van der Waals surface area contributed by atoms with Crippen LogP contribution in [0.15, 0.2) is 18.2 Å². The molecule has 2 amide bonds. The van der Waals surface area contributed by atoms with E-state index in [-0.39, 0.29) is 16.8 Å². The Labute approximate surface area is 192 Å². The van der Waals surface area contributed by atoms with Crippen molar-refractivity contribution < 1.29 is 9.59 Å². The van der Waals surface area contributed by atoms with Crippen molar-refractivity contribution in [1.82, 2.24) is 25.4 Å². The van der Waals surface area contributed by atoms with Crippen LogP contribution in [0.4, 0.5) is 0 Å². The lowest BCUT2D eigenvalue weighted by Gasteiger charge is -2.20. The molecule has 0 bridgehead atoms. The van der Waals surface area contributed by atoms with E-state index in [0.717, 1.165) is 37.5 Å². The number of benzene rings is 1. The molecule has 0 saturated heterocycles.